The van der Waals surface area contributed by atoms with Gasteiger partial charge in [-0.05, 0) is 18.8 Å². The fraction of sp³-hybridized carbons (Fsp3) is 1.00. The largest absolute Gasteiger partial charge is 0.396 e. The third-order valence-corrected chi connectivity index (χ3v) is 2.83. The van der Waals surface area contributed by atoms with Gasteiger partial charge in [-0.2, -0.15) is 0 Å². The van der Waals surface area contributed by atoms with Crippen LogP contribution in [0.15, 0.2) is 0 Å². The Morgan fingerprint density at radius 3 is 2.36 bits per heavy atom. The monoisotopic (exact) mass is 203 g/mol. The van der Waals surface area contributed by atoms with Gasteiger partial charge in [-0.25, -0.2) is 0 Å². The number of hydrogen-bond acceptors (Lipinski definition) is 4. The third-order valence-electron chi connectivity index (χ3n) is 2.83. The van der Waals surface area contributed by atoms with Gasteiger partial charge < -0.3 is 20.6 Å². The summed E-state index contributed by atoms with van der Waals surface area (Å²) >= 11 is 0. The van der Waals surface area contributed by atoms with E-state index in [1.165, 1.54) is 0 Å². The van der Waals surface area contributed by atoms with Gasteiger partial charge in [0.1, 0.15) is 0 Å². The van der Waals surface area contributed by atoms with Crippen molar-refractivity contribution < 1.29 is 15.3 Å². The van der Waals surface area contributed by atoms with Crippen LogP contribution in [0.5, 0.6) is 0 Å². The Hall–Kier alpha value is -0.160. The zero-order valence-corrected chi connectivity index (χ0v) is 8.74. The van der Waals surface area contributed by atoms with Crippen LogP contribution in [0.4, 0.5) is 0 Å². The van der Waals surface area contributed by atoms with Crippen LogP contribution < -0.4 is 5.32 Å². The van der Waals surface area contributed by atoms with Crippen LogP contribution in [0.1, 0.15) is 19.8 Å². The van der Waals surface area contributed by atoms with Crippen molar-refractivity contribution in [2.24, 2.45) is 11.3 Å². The molecule has 0 aromatic rings. The molecule has 0 aromatic carbocycles. The lowest BCUT2D eigenvalue weighted by atomic mass is 9.93. The molecule has 1 rings (SSSR count). The summed E-state index contributed by atoms with van der Waals surface area (Å²) in [6.45, 7) is 2.81. The predicted molar refractivity (Wildman–Crippen MR) is 53.9 cm³/mol. The molecule has 1 saturated carbocycles. The lowest BCUT2D eigenvalue weighted by Crippen LogP contribution is -2.41. The molecule has 0 radical (unpaired) electrons. The second-order valence-corrected chi connectivity index (χ2v) is 4.66. The van der Waals surface area contributed by atoms with E-state index in [2.05, 4.69) is 5.32 Å². The molecule has 0 bridgehead atoms. The molecule has 1 aliphatic carbocycles. The maximum absolute atomic E-state index is 9.54. The Morgan fingerprint density at radius 1 is 1.36 bits per heavy atom. The van der Waals surface area contributed by atoms with Gasteiger partial charge in [0.2, 0.25) is 0 Å². The van der Waals surface area contributed by atoms with Gasteiger partial charge in [-0.3, -0.25) is 0 Å². The van der Waals surface area contributed by atoms with Crippen LogP contribution in [-0.2, 0) is 0 Å². The molecule has 0 aliphatic heterocycles. The van der Waals surface area contributed by atoms with E-state index in [0.29, 0.717) is 19.0 Å². The van der Waals surface area contributed by atoms with Gasteiger partial charge in [-0.1, -0.05) is 6.92 Å². The van der Waals surface area contributed by atoms with Crippen LogP contribution in [0, 0.1) is 11.3 Å². The number of nitrogens with one attached hydrogen (secondary N) is 1. The second-order valence-electron chi connectivity index (χ2n) is 4.66. The Morgan fingerprint density at radius 2 is 1.93 bits per heavy atom. The van der Waals surface area contributed by atoms with Crippen molar-refractivity contribution in [1.82, 2.24) is 5.32 Å². The summed E-state index contributed by atoms with van der Waals surface area (Å²) in [6.07, 6.45) is 1.98. The standard InChI is InChI=1S/C10H21NO3/c1-10(6-12,7-13)5-11-4-9(14)8-2-3-8/h8-9,11-14H,2-7H2,1H3. The maximum Gasteiger partial charge on any atom is 0.0692 e. The number of aliphatic hydroxyl groups excluding tert-OH is 3. The first-order valence-electron chi connectivity index (χ1n) is 5.22. The quantitative estimate of drug-likeness (QED) is 0.443. The topological polar surface area (TPSA) is 72.7 Å². The van der Waals surface area contributed by atoms with Crippen LogP contribution in [0.25, 0.3) is 0 Å². The summed E-state index contributed by atoms with van der Waals surface area (Å²) in [6, 6.07) is 0. The first-order valence-corrected chi connectivity index (χ1v) is 5.22. The molecule has 1 fully saturated rings. The minimum Gasteiger partial charge on any atom is -0.396 e. The molecule has 14 heavy (non-hydrogen) atoms. The van der Waals surface area contributed by atoms with E-state index in [0.717, 1.165) is 12.8 Å². The molecule has 1 atom stereocenters. The van der Waals surface area contributed by atoms with Gasteiger partial charge in [0, 0.05) is 18.5 Å². The minimum absolute atomic E-state index is 0.0456. The van der Waals surface area contributed by atoms with Crippen molar-refractivity contribution in [1.29, 1.82) is 0 Å². The minimum atomic E-state index is -0.483. The fourth-order valence-corrected chi connectivity index (χ4v) is 1.33. The molecular formula is C10H21NO3. The number of hydrogen-bond donors (Lipinski definition) is 4. The van der Waals surface area contributed by atoms with Crippen molar-refractivity contribution in [3.63, 3.8) is 0 Å². The molecule has 0 saturated heterocycles. The maximum atomic E-state index is 9.54. The first-order chi connectivity index (χ1) is 6.61. The molecule has 0 aromatic heterocycles. The van der Waals surface area contributed by atoms with Crippen molar-refractivity contribution in [2.45, 2.75) is 25.9 Å². The Labute approximate surface area is 85.0 Å². The van der Waals surface area contributed by atoms with Crippen molar-refractivity contribution in [2.75, 3.05) is 26.3 Å². The first kappa shape index (κ1) is 11.9. The lowest BCUT2D eigenvalue weighted by molar-refractivity contribution is 0.0642. The van der Waals surface area contributed by atoms with Gasteiger partial charge in [0.25, 0.3) is 0 Å². The molecule has 4 nitrogen and oxygen atoms in total. The lowest BCUT2D eigenvalue weighted by Gasteiger charge is -2.25. The highest BCUT2D eigenvalue weighted by Gasteiger charge is 2.30. The van der Waals surface area contributed by atoms with E-state index in [4.69, 9.17) is 10.2 Å². The van der Waals surface area contributed by atoms with Crippen molar-refractivity contribution in [3.8, 4) is 0 Å². The van der Waals surface area contributed by atoms with Gasteiger partial charge in [0.05, 0.1) is 19.3 Å². The summed E-state index contributed by atoms with van der Waals surface area (Å²) in [7, 11) is 0. The van der Waals surface area contributed by atoms with Gasteiger partial charge >= 0.3 is 0 Å². The highest BCUT2D eigenvalue weighted by Crippen LogP contribution is 2.32. The summed E-state index contributed by atoms with van der Waals surface area (Å²) < 4.78 is 0. The van der Waals surface area contributed by atoms with Gasteiger partial charge in [0.15, 0.2) is 0 Å². The molecule has 84 valence electrons. The third kappa shape index (κ3) is 3.53. The average Bonchev–Trinajstić information content (AvgIpc) is 3.00. The van der Waals surface area contributed by atoms with Gasteiger partial charge in [-0.15, -0.1) is 0 Å². The van der Waals surface area contributed by atoms with Crippen LogP contribution >= 0.6 is 0 Å². The summed E-state index contributed by atoms with van der Waals surface area (Å²) in [5.41, 5.74) is -0.483. The fourth-order valence-electron chi connectivity index (χ4n) is 1.33. The smallest absolute Gasteiger partial charge is 0.0692 e. The van der Waals surface area contributed by atoms with E-state index in [9.17, 15) is 5.11 Å². The molecule has 4 heteroatoms. The Balaban J connectivity index is 2.12. The highest BCUT2D eigenvalue weighted by atomic mass is 16.3. The predicted octanol–water partition coefficient (Wildman–Crippen LogP) is -0.662. The molecule has 1 aliphatic rings. The van der Waals surface area contributed by atoms with E-state index in [1.807, 2.05) is 6.92 Å². The zero-order valence-electron chi connectivity index (χ0n) is 8.74. The second kappa shape index (κ2) is 5.07. The van der Waals surface area contributed by atoms with E-state index in [-0.39, 0.29) is 19.3 Å². The van der Waals surface area contributed by atoms with E-state index in [1.54, 1.807) is 0 Å². The normalized spacial score (nSPS) is 19.7. The van der Waals surface area contributed by atoms with Crippen molar-refractivity contribution >= 4 is 0 Å². The van der Waals surface area contributed by atoms with E-state index < -0.39 is 5.41 Å². The Bertz CT molecular complexity index is 167. The summed E-state index contributed by atoms with van der Waals surface area (Å²) in [5.74, 6) is 0.469. The molecule has 0 spiro atoms. The van der Waals surface area contributed by atoms with Crippen molar-refractivity contribution in [3.05, 3.63) is 0 Å². The van der Waals surface area contributed by atoms with Crippen LogP contribution in [0.3, 0.4) is 0 Å². The summed E-state index contributed by atoms with van der Waals surface area (Å²) in [4.78, 5) is 0. The Kier molecular flexibility index (Phi) is 4.31. The average molecular weight is 203 g/mol. The molecular weight excluding hydrogens is 182 g/mol. The summed E-state index contributed by atoms with van der Waals surface area (Å²) in [5, 5.41) is 30.6. The molecule has 0 heterocycles. The molecule has 0 amide bonds. The molecule has 1 unspecified atom stereocenters. The van der Waals surface area contributed by atoms with Crippen LogP contribution in [0.2, 0.25) is 0 Å². The van der Waals surface area contributed by atoms with E-state index >= 15 is 0 Å². The number of aliphatic hydroxyl groups is 3. The number of rotatable bonds is 7. The molecule has 4 N–H and O–H groups in total. The SMILES string of the molecule is CC(CO)(CO)CNCC(O)C1CC1. The van der Waals surface area contributed by atoms with Crippen LogP contribution in [-0.4, -0.2) is 47.7 Å². The zero-order chi connectivity index (χ0) is 10.6. The highest BCUT2D eigenvalue weighted by molar-refractivity contribution is 4.83.